The second kappa shape index (κ2) is 4.57. The molecule has 0 saturated carbocycles. The van der Waals surface area contributed by atoms with Gasteiger partial charge in [-0.05, 0) is 37.1 Å². The Bertz CT molecular complexity index is 387. The molecule has 0 aliphatic heterocycles. The first-order valence-electron chi connectivity index (χ1n) is 4.34. The van der Waals surface area contributed by atoms with Gasteiger partial charge in [-0.3, -0.25) is 0 Å². The van der Waals surface area contributed by atoms with E-state index in [1.165, 1.54) is 0 Å². The van der Waals surface area contributed by atoms with Gasteiger partial charge >= 0.3 is 0 Å². The summed E-state index contributed by atoms with van der Waals surface area (Å²) in [6.07, 6.45) is 0.964. The first-order valence-corrected chi connectivity index (χ1v) is 4.34. The van der Waals surface area contributed by atoms with E-state index >= 15 is 0 Å². The molecule has 0 saturated heterocycles. The third-order valence-electron chi connectivity index (χ3n) is 1.85. The van der Waals surface area contributed by atoms with Gasteiger partial charge in [0, 0.05) is 5.56 Å². The smallest absolute Gasteiger partial charge is 0.131 e. The number of aldehydes is 1. The Morgan fingerprint density at radius 2 is 1.93 bits per heavy atom. The van der Waals surface area contributed by atoms with E-state index in [9.17, 15) is 9.18 Å². The molecular weight excluding hydrogens is 179 g/mol. The topological polar surface area (TPSA) is 17.1 Å². The van der Waals surface area contributed by atoms with Crippen molar-refractivity contribution in [2.75, 3.05) is 0 Å². The largest absolute Gasteiger partial charge is 0.302 e. The summed E-state index contributed by atoms with van der Waals surface area (Å²) in [5.74, 6) is 5.30. The van der Waals surface area contributed by atoms with E-state index < -0.39 is 0 Å². The number of benzene rings is 1. The molecule has 0 bridgehead atoms. The molecule has 2 heteroatoms. The molecule has 0 N–H and O–H groups in total. The molecule has 0 atom stereocenters. The van der Waals surface area contributed by atoms with Gasteiger partial charge in [-0.15, -0.1) is 0 Å². The van der Waals surface area contributed by atoms with Crippen molar-refractivity contribution in [3.05, 3.63) is 34.6 Å². The number of aryl methyl sites for hydroxylation is 2. The molecule has 0 aliphatic carbocycles. The zero-order chi connectivity index (χ0) is 10.6. The molecule has 1 aromatic carbocycles. The molecule has 0 fully saturated rings. The molecule has 1 nitrogen and oxygen atoms in total. The fourth-order valence-corrected chi connectivity index (χ4v) is 1.21. The molecule has 0 amide bonds. The minimum atomic E-state index is -0.189. The van der Waals surface area contributed by atoms with Crippen LogP contribution in [0.2, 0.25) is 0 Å². The summed E-state index contributed by atoms with van der Waals surface area (Å²) < 4.78 is 13.2. The van der Waals surface area contributed by atoms with Crippen LogP contribution in [-0.4, -0.2) is 6.29 Å². The maximum Gasteiger partial charge on any atom is 0.131 e. The van der Waals surface area contributed by atoms with Crippen LogP contribution in [0.1, 0.15) is 23.1 Å². The summed E-state index contributed by atoms with van der Waals surface area (Å²) in [6, 6.07) is 3.36. The number of rotatable bonds is 1. The number of halogens is 1. The van der Waals surface area contributed by atoms with E-state index in [4.69, 9.17) is 0 Å². The Morgan fingerprint density at radius 1 is 1.36 bits per heavy atom. The lowest BCUT2D eigenvalue weighted by Crippen LogP contribution is -1.89. The monoisotopic (exact) mass is 190 g/mol. The van der Waals surface area contributed by atoms with Crippen LogP contribution in [0.15, 0.2) is 12.1 Å². The predicted octanol–water partition coefficient (Wildman–Crippen LogP) is 2.38. The van der Waals surface area contributed by atoms with Crippen molar-refractivity contribution in [3.63, 3.8) is 0 Å². The van der Waals surface area contributed by atoms with Gasteiger partial charge in [-0.25, -0.2) is 4.39 Å². The van der Waals surface area contributed by atoms with E-state index in [0.717, 1.165) is 11.8 Å². The molecule has 1 aromatic rings. The summed E-state index contributed by atoms with van der Waals surface area (Å²) in [6.45, 7) is 3.40. The minimum absolute atomic E-state index is 0.189. The molecule has 0 spiro atoms. The lowest BCUT2D eigenvalue weighted by atomic mass is 10.1. The Labute approximate surface area is 82.9 Å². The SMILES string of the molecule is Cc1cc(C#CCC=O)cc(C)c1F. The molecular formula is C12H11FO. The van der Waals surface area contributed by atoms with Crippen LogP contribution in [0.4, 0.5) is 4.39 Å². The first kappa shape index (κ1) is 10.5. The van der Waals surface area contributed by atoms with Crippen molar-refractivity contribution in [2.45, 2.75) is 20.3 Å². The zero-order valence-corrected chi connectivity index (χ0v) is 8.23. The normalized spacial score (nSPS) is 9.07. The predicted molar refractivity (Wildman–Crippen MR) is 53.4 cm³/mol. The Balaban J connectivity index is 3.02. The highest BCUT2D eigenvalue weighted by Crippen LogP contribution is 2.13. The Kier molecular flexibility index (Phi) is 3.41. The highest BCUT2D eigenvalue weighted by Gasteiger charge is 2.01. The van der Waals surface area contributed by atoms with Gasteiger partial charge in [-0.1, -0.05) is 11.8 Å². The van der Waals surface area contributed by atoms with E-state index in [0.29, 0.717) is 11.1 Å². The van der Waals surface area contributed by atoms with E-state index in [1.807, 2.05) is 0 Å². The van der Waals surface area contributed by atoms with E-state index in [2.05, 4.69) is 11.8 Å². The second-order valence-electron chi connectivity index (χ2n) is 3.10. The average molecular weight is 190 g/mol. The van der Waals surface area contributed by atoms with Crippen molar-refractivity contribution in [3.8, 4) is 11.8 Å². The zero-order valence-electron chi connectivity index (χ0n) is 8.23. The van der Waals surface area contributed by atoms with Gasteiger partial charge in [0.2, 0.25) is 0 Å². The minimum Gasteiger partial charge on any atom is -0.302 e. The fraction of sp³-hybridized carbons (Fsp3) is 0.250. The second-order valence-corrected chi connectivity index (χ2v) is 3.10. The summed E-state index contributed by atoms with van der Waals surface area (Å²) in [5.41, 5.74) is 1.92. The van der Waals surface area contributed by atoms with Crippen LogP contribution in [-0.2, 0) is 4.79 Å². The average Bonchev–Trinajstić information content (AvgIpc) is 2.14. The van der Waals surface area contributed by atoms with Crippen molar-refractivity contribution < 1.29 is 9.18 Å². The van der Waals surface area contributed by atoms with Gasteiger partial charge in [0.15, 0.2) is 0 Å². The number of carbonyl (C=O) groups is 1. The van der Waals surface area contributed by atoms with Crippen LogP contribution in [0, 0.1) is 31.5 Å². The summed E-state index contributed by atoms with van der Waals surface area (Å²) in [4.78, 5) is 10.0. The van der Waals surface area contributed by atoms with Crippen LogP contribution in [0.3, 0.4) is 0 Å². The van der Waals surface area contributed by atoms with Gasteiger partial charge in [-0.2, -0.15) is 0 Å². The van der Waals surface area contributed by atoms with Crippen LogP contribution < -0.4 is 0 Å². The van der Waals surface area contributed by atoms with Gasteiger partial charge in [0.05, 0.1) is 6.42 Å². The maximum absolute atomic E-state index is 13.2. The third-order valence-corrected chi connectivity index (χ3v) is 1.85. The van der Waals surface area contributed by atoms with Gasteiger partial charge in [0.25, 0.3) is 0 Å². The summed E-state index contributed by atoms with van der Waals surface area (Å²) in [5, 5.41) is 0. The Hall–Kier alpha value is -1.62. The molecule has 14 heavy (non-hydrogen) atoms. The highest BCUT2D eigenvalue weighted by molar-refractivity contribution is 5.55. The van der Waals surface area contributed by atoms with Gasteiger partial charge < -0.3 is 4.79 Å². The lowest BCUT2D eigenvalue weighted by molar-refractivity contribution is -0.107. The molecule has 0 heterocycles. The Morgan fingerprint density at radius 3 is 2.43 bits per heavy atom. The molecule has 72 valence electrons. The number of hydrogen-bond acceptors (Lipinski definition) is 1. The molecule has 0 aliphatic rings. The first-order chi connectivity index (χ1) is 6.65. The van der Waals surface area contributed by atoms with Crippen LogP contribution in [0.5, 0.6) is 0 Å². The van der Waals surface area contributed by atoms with E-state index in [1.54, 1.807) is 26.0 Å². The number of hydrogen-bond donors (Lipinski definition) is 0. The van der Waals surface area contributed by atoms with Crippen molar-refractivity contribution >= 4 is 6.29 Å². The van der Waals surface area contributed by atoms with Crippen LogP contribution >= 0.6 is 0 Å². The lowest BCUT2D eigenvalue weighted by Gasteiger charge is -2.01. The summed E-state index contributed by atoms with van der Waals surface area (Å²) in [7, 11) is 0. The third kappa shape index (κ3) is 2.43. The fourth-order valence-electron chi connectivity index (χ4n) is 1.21. The number of carbonyl (C=O) groups excluding carboxylic acids is 1. The van der Waals surface area contributed by atoms with E-state index in [-0.39, 0.29) is 12.2 Å². The van der Waals surface area contributed by atoms with Crippen molar-refractivity contribution in [1.29, 1.82) is 0 Å². The standard InChI is InChI=1S/C12H11FO/c1-9-7-11(5-3-4-6-14)8-10(2)12(9)13/h6-8H,4H2,1-2H3. The molecule has 0 unspecified atom stereocenters. The molecule has 0 aromatic heterocycles. The van der Waals surface area contributed by atoms with Crippen molar-refractivity contribution in [1.82, 2.24) is 0 Å². The highest BCUT2D eigenvalue weighted by atomic mass is 19.1. The van der Waals surface area contributed by atoms with Crippen molar-refractivity contribution in [2.24, 2.45) is 0 Å². The quantitative estimate of drug-likeness (QED) is 0.491. The van der Waals surface area contributed by atoms with Crippen LogP contribution in [0.25, 0.3) is 0 Å². The summed E-state index contributed by atoms with van der Waals surface area (Å²) >= 11 is 0. The molecule has 0 radical (unpaired) electrons. The maximum atomic E-state index is 13.2. The molecule has 1 rings (SSSR count). The van der Waals surface area contributed by atoms with Gasteiger partial charge in [0.1, 0.15) is 12.1 Å².